The van der Waals surface area contributed by atoms with Crippen LogP contribution in [0.2, 0.25) is 0 Å². The topological polar surface area (TPSA) is 73.5 Å². The summed E-state index contributed by atoms with van der Waals surface area (Å²) < 4.78 is 2.95. The monoisotopic (exact) mass is 263 g/mol. The molecule has 0 bridgehead atoms. The van der Waals surface area contributed by atoms with Crippen LogP contribution in [0.3, 0.4) is 0 Å². The summed E-state index contributed by atoms with van der Waals surface area (Å²) in [6.07, 6.45) is 0. The van der Waals surface area contributed by atoms with E-state index in [0.717, 1.165) is 0 Å². The number of nitrogens with zero attached hydrogens (tertiary/aromatic N) is 1. The van der Waals surface area contributed by atoms with Gasteiger partial charge in [0.15, 0.2) is 0 Å². The van der Waals surface area contributed by atoms with Crippen molar-refractivity contribution in [2.45, 2.75) is 6.92 Å². The van der Waals surface area contributed by atoms with Crippen molar-refractivity contribution in [1.82, 2.24) is 0 Å². The SMILES string of the molecule is C[c-]1cccc1.O=[C]=[Mo+2]=[C]=O.[N-]=O. The van der Waals surface area contributed by atoms with Crippen LogP contribution < -0.4 is 0 Å². The van der Waals surface area contributed by atoms with Crippen molar-refractivity contribution in [3.05, 3.63) is 40.3 Å². The second-order valence-electron chi connectivity index (χ2n) is 1.73. The Kier molecular flexibility index (Phi) is 14.8. The first-order chi connectivity index (χ1) is 6.31. The first-order valence-electron chi connectivity index (χ1n) is 3.08. The molecule has 4 nitrogen and oxygen atoms in total. The van der Waals surface area contributed by atoms with E-state index in [0.29, 0.717) is 0 Å². The zero-order valence-corrected chi connectivity index (χ0v) is 8.90. The smallest absolute Gasteiger partial charge is 0.423 e. The number of aryl methyl sites for hydroxylation is 1. The quantitative estimate of drug-likeness (QED) is 0.521. The average molecular weight is 261 g/mol. The van der Waals surface area contributed by atoms with Gasteiger partial charge in [-0.15, -0.1) is 0 Å². The molecule has 0 unspecified atom stereocenters. The Hall–Kier alpha value is -1.20. The molecule has 0 saturated carbocycles. The van der Waals surface area contributed by atoms with Gasteiger partial charge in [0.2, 0.25) is 0 Å². The van der Waals surface area contributed by atoms with Gasteiger partial charge in [0, 0.05) is 0 Å². The molecule has 0 heterocycles. The fourth-order valence-electron chi connectivity index (χ4n) is 0.487. The fraction of sp³-hybridized carbons (Fsp3) is 0.125. The van der Waals surface area contributed by atoms with E-state index in [2.05, 4.69) is 19.1 Å². The van der Waals surface area contributed by atoms with Crippen LogP contribution in [0.5, 0.6) is 0 Å². The van der Waals surface area contributed by atoms with Gasteiger partial charge < -0.3 is 10.5 Å². The summed E-state index contributed by atoms with van der Waals surface area (Å²) in [6, 6.07) is 8.24. The maximum Gasteiger partial charge on any atom is -0.423 e. The van der Waals surface area contributed by atoms with Crippen molar-refractivity contribution >= 4 is 8.53 Å². The van der Waals surface area contributed by atoms with E-state index in [4.69, 9.17) is 20.1 Å². The van der Waals surface area contributed by atoms with Gasteiger partial charge >= 0.3 is 35.8 Å². The second kappa shape index (κ2) is 13.4. The minimum absolute atomic E-state index is 1.12. The molecule has 0 atom stereocenters. The number of nitroso groups, excluding NO2 is 1. The van der Waals surface area contributed by atoms with E-state index in [1.165, 1.54) is 14.1 Å². The van der Waals surface area contributed by atoms with E-state index < -0.39 is 17.6 Å². The summed E-state index contributed by atoms with van der Waals surface area (Å²) in [7, 11) is 0. The Morgan fingerprint density at radius 1 is 1.15 bits per heavy atom. The van der Waals surface area contributed by atoms with Crippen LogP contribution in [-0.2, 0) is 27.2 Å². The van der Waals surface area contributed by atoms with Gasteiger partial charge in [0.25, 0.3) is 0 Å². The minimum atomic E-state index is -1.12. The summed E-state index contributed by atoms with van der Waals surface area (Å²) in [5, 5.41) is 0. The van der Waals surface area contributed by atoms with E-state index >= 15 is 0 Å². The largest absolute Gasteiger partial charge is 0.577 e. The first kappa shape index (κ1) is 14.3. The molecule has 0 spiro atoms. The molecule has 0 aliphatic heterocycles. The standard InChI is InChI=1S/C6H7.2CO.Mo.NO/c1-6-4-2-3-5-6;2*1-2;;1-2/h2-5H,1H3;;;;/q-1;;;+2;-1. The number of rotatable bonds is 0. The molecule has 0 N–H and O–H groups in total. The molecule has 0 saturated heterocycles. The Morgan fingerprint density at radius 2 is 1.54 bits per heavy atom. The van der Waals surface area contributed by atoms with Crippen LogP contribution >= 0.6 is 0 Å². The van der Waals surface area contributed by atoms with Gasteiger partial charge in [-0.25, -0.2) is 12.1 Å². The Labute approximate surface area is 83.3 Å². The third-order valence-electron chi connectivity index (χ3n) is 0.913. The van der Waals surface area contributed by atoms with Crippen molar-refractivity contribution < 1.29 is 27.2 Å². The molecule has 13 heavy (non-hydrogen) atoms. The van der Waals surface area contributed by atoms with Gasteiger partial charge in [0.05, 0.1) is 0 Å². The van der Waals surface area contributed by atoms with Crippen LogP contribution in [-0.4, -0.2) is 8.53 Å². The molecule has 68 valence electrons. The zero-order valence-electron chi connectivity index (χ0n) is 6.89. The third kappa shape index (κ3) is 13.7. The molecule has 0 aliphatic rings. The summed E-state index contributed by atoms with van der Waals surface area (Å²) >= 11 is -1.12. The van der Waals surface area contributed by atoms with Crippen LogP contribution in [0.1, 0.15) is 5.56 Å². The molecule has 1 rings (SSSR count). The predicted molar refractivity (Wildman–Crippen MR) is 44.9 cm³/mol. The van der Waals surface area contributed by atoms with Crippen molar-refractivity contribution in [2.24, 2.45) is 0 Å². The van der Waals surface area contributed by atoms with E-state index in [9.17, 15) is 0 Å². The normalized spacial score (nSPS) is 5.62. The van der Waals surface area contributed by atoms with Gasteiger partial charge in [-0.05, 0) is 0 Å². The molecule has 0 radical (unpaired) electrons. The van der Waals surface area contributed by atoms with Crippen molar-refractivity contribution in [3.63, 3.8) is 0 Å². The second-order valence-corrected chi connectivity index (χ2v) is 3.05. The number of carbonyl (C=O) groups excluding carboxylic acids is 2. The maximum atomic E-state index is 9.08. The van der Waals surface area contributed by atoms with Gasteiger partial charge in [-0.1, -0.05) is 6.92 Å². The van der Waals surface area contributed by atoms with Gasteiger partial charge in [-0.3, -0.25) is 0 Å². The first-order valence-corrected chi connectivity index (χ1v) is 5.08. The van der Waals surface area contributed by atoms with Crippen molar-refractivity contribution in [2.75, 3.05) is 0 Å². The molecular formula is C8H7MoNO3. The summed E-state index contributed by atoms with van der Waals surface area (Å²) in [4.78, 5) is 25.4. The molecule has 1 aromatic carbocycles. The van der Waals surface area contributed by atoms with Gasteiger partial charge in [0.1, 0.15) is 0 Å². The fourth-order valence-corrected chi connectivity index (χ4v) is 0.571. The summed E-state index contributed by atoms with van der Waals surface area (Å²) in [5.74, 6) is 0. The van der Waals surface area contributed by atoms with Crippen molar-refractivity contribution in [3.8, 4) is 0 Å². The van der Waals surface area contributed by atoms with Crippen LogP contribution in [0.15, 0.2) is 24.3 Å². The molecule has 0 aliphatic carbocycles. The molecule has 0 amide bonds. The Balaban J connectivity index is 0. The Bertz CT molecular complexity index is 292. The average Bonchev–Trinajstić information content (AvgIpc) is 2.62. The zero-order chi connectivity index (χ0) is 10.5. The molecule has 0 fully saturated rings. The van der Waals surface area contributed by atoms with E-state index in [1.54, 1.807) is 0 Å². The maximum absolute atomic E-state index is 9.08. The van der Waals surface area contributed by atoms with Crippen molar-refractivity contribution in [1.29, 1.82) is 0 Å². The molecule has 0 aromatic heterocycles. The number of hydrogen-bond acceptors (Lipinski definition) is 3. The summed E-state index contributed by atoms with van der Waals surface area (Å²) in [5.41, 5.74) is 7.09. The van der Waals surface area contributed by atoms with Crippen LogP contribution in [0, 0.1) is 11.8 Å². The van der Waals surface area contributed by atoms with Gasteiger partial charge in [-0.2, -0.15) is 17.7 Å². The predicted octanol–water partition coefficient (Wildman–Crippen LogP) is 1.24. The van der Waals surface area contributed by atoms with Crippen LogP contribution in [0.4, 0.5) is 0 Å². The summed E-state index contributed by atoms with van der Waals surface area (Å²) in [6.45, 7) is 2.08. The van der Waals surface area contributed by atoms with E-state index in [-0.39, 0.29) is 0 Å². The minimum Gasteiger partial charge on any atom is -0.577 e. The van der Waals surface area contributed by atoms with E-state index in [1.807, 2.05) is 12.1 Å². The van der Waals surface area contributed by atoms with Crippen LogP contribution in [0.25, 0.3) is 5.59 Å². The molecule has 5 heteroatoms. The Morgan fingerprint density at radius 3 is 1.62 bits per heavy atom. The number of hydrogen-bond donors (Lipinski definition) is 0. The third-order valence-corrected chi connectivity index (χ3v) is 1.32. The molecule has 1 aromatic rings. The molecular weight excluding hydrogens is 254 g/mol.